The van der Waals surface area contributed by atoms with E-state index in [9.17, 15) is 19.4 Å². The molecule has 1 saturated carbocycles. The molecule has 0 bridgehead atoms. The van der Waals surface area contributed by atoms with E-state index in [1.807, 2.05) is 37.3 Å². The Morgan fingerprint density at radius 2 is 1.89 bits per heavy atom. The van der Waals surface area contributed by atoms with Crippen LogP contribution in [0.15, 0.2) is 90.1 Å². The van der Waals surface area contributed by atoms with Crippen LogP contribution in [0, 0.1) is 30.5 Å². The number of carbonyl (C=O) groups is 1. The molecule has 2 N–H and O–H groups in total. The molecule has 63 heavy (non-hydrogen) atoms. The number of aliphatic hydroxyl groups is 2. The summed E-state index contributed by atoms with van der Waals surface area (Å²) in [7, 11) is 0. The topological polar surface area (TPSA) is 141 Å². The van der Waals surface area contributed by atoms with Gasteiger partial charge in [-0.25, -0.2) is 9.18 Å². The van der Waals surface area contributed by atoms with E-state index in [0.29, 0.717) is 48.6 Å². The molecule has 2 fully saturated rings. The van der Waals surface area contributed by atoms with Gasteiger partial charge in [0.15, 0.2) is 0 Å². The Labute approximate surface area is 375 Å². The maximum Gasteiger partial charge on any atom is 0.410 e. The minimum Gasteiger partial charge on any atom is -0.487 e. The average Bonchev–Trinajstić information content (AvgIpc) is 3.30. The summed E-state index contributed by atoms with van der Waals surface area (Å²) in [6.45, 7) is 7.03. The molecule has 2 aromatic carbocycles. The molecular weight excluding hydrogens is 829 g/mol. The molecule has 1 amide bonds. The van der Waals surface area contributed by atoms with Crippen LogP contribution in [0.5, 0.6) is 11.5 Å². The highest BCUT2D eigenvalue weighted by Crippen LogP contribution is 2.62. The van der Waals surface area contributed by atoms with Crippen molar-refractivity contribution in [2.45, 2.75) is 108 Å². The molecule has 4 aliphatic rings. The van der Waals surface area contributed by atoms with Crippen LogP contribution in [0.1, 0.15) is 92.6 Å². The van der Waals surface area contributed by atoms with Gasteiger partial charge in [0, 0.05) is 49.8 Å². The number of aryl methyl sites for hydroxylation is 1. The van der Waals surface area contributed by atoms with E-state index >= 15 is 0 Å². The fraction of sp³-hybridized carbons (Fsp3) is 0.531. The molecule has 0 spiro atoms. The SMILES string of the molecule is C=CCOC12Oc3ccc(OCc4cccc(C)n4)cc3C3C(CCCCO)C(CCCCO)C=C(C(=NOC4CCCCO4)CC1N(Cc1ccc(F)cc1)C(=O)OCCCl)C32. The summed E-state index contributed by atoms with van der Waals surface area (Å²) in [5, 5.41) is 24.8. The predicted molar refractivity (Wildman–Crippen MR) is 237 cm³/mol. The Balaban J connectivity index is 1.43. The molecule has 14 heteroatoms. The second-order valence-corrected chi connectivity index (χ2v) is 17.2. The minimum absolute atomic E-state index is 0.00313. The average molecular weight is 890 g/mol. The fourth-order valence-electron chi connectivity index (χ4n) is 9.79. The molecule has 7 atom stereocenters. The Morgan fingerprint density at radius 3 is 2.62 bits per heavy atom. The van der Waals surface area contributed by atoms with E-state index in [2.05, 4.69) is 23.7 Å². The summed E-state index contributed by atoms with van der Waals surface area (Å²) in [6, 6.07) is 16.8. The van der Waals surface area contributed by atoms with Crippen molar-refractivity contribution in [3.8, 4) is 11.5 Å². The third-order valence-electron chi connectivity index (χ3n) is 12.6. The van der Waals surface area contributed by atoms with E-state index in [1.165, 1.54) is 12.1 Å². The third kappa shape index (κ3) is 11.1. The standard InChI is InChI=1S/C49H61ClFN3O9/c1-3-25-61-49-44(54(48(57)59-27-22-50)31-34-16-18-36(51)19-17-34)30-42(53-63-45-15-6-9-26-58-45)40-28-35(12-4-7-23-55)39(14-5-8-24-56)46(47(40)49)41-29-38(20-21-43(41)62-49)60-32-37-13-10-11-33(2)52-37/h3,10-11,13,16-21,28-29,35,39,44-47,55-56H,1,4-9,12,14-15,22-27,30-32H2,2H3. The lowest BCUT2D eigenvalue weighted by molar-refractivity contribution is -0.256. The number of fused-ring (bicyclic) bond motifs is 2. The van der Waals surface area contributed by atoms with Crippen molar-refractivity contribution in [3.63, 3.8) is 0 Å². The molecule has 0 radical (unpaired) electrons. The number of hydrogen-bond donors (Lipinski definition) is 2. The monoisotopic (exact) mass is 889 g/mol. The van der Waals surface area contributed by atoms with Gasteiger partial charge in [0.25, 0.3) is 0 Å². The normalized spacial score (nSPS) is 25.5. The lowest BCUT2D eigenvalue weighted by Gasteiger charge is -2.60. The summed E-state index contributed by atoms with van der Waals surface area (Å²) in [4.78, 5) is 27.0. The second kappa shape index (κ2) is 22.4. The van der Waals surface area contributed by atoms with Crippen molar-refractivity contribution in [2.24, 2.45) is 22.9 Å². The fourth-order valence-corrected chi connectivity index (χ4v) is 9.87. The van der Waals surface area contributed by atoms with E-state index < -0.39 is 35.9 Å². The van der Waals surface area contributed by atoms with Crippen molar-refractivity contribution < 1.29 is 47.9 Å². The number of ether oxygens (including phenoxy) is 5. The molecule has 1 saturated heterocycles. The lowest BCUT2D eigenvalue weighted by atomic mass is 9.55. The highest BCUT2D eigenvalue weighted by atomic mass is 35.5. The second-order valence-electron chi connectivity index (χ2n) is 16.8. The Hall–Kier alpha value is -4.53. The highest BCUT2D eigenvalue weighted by molar-refractivity contribution is 6.18. The molecule has 3 heterocycles. The van der Waals surface area contributed by atoms with Crippen LogP contribution in [0.2, 0.25) is 0 Å². The van der Waals surface area contributed by atoms with Crippen LogP contribution >= 0.6 is 11.6 Å². The Morgan fingerprint density at radius 1 is 1.08 bits per heavy atom. The molecule has 12 nitrogen and oxygen atoms in total. The zero-order valence-corrected chi connectivity index (χ0v) is 36.9. The highest BCUT2D eigenvalue weighted by Gasteiger charge is 2.65. The maximum atomic E-state index is 14.5. The van der Waals surface area contributed by atoms with Crippen LogP contribution in [0.25, 0.3) is 0 Å². The molecular formula is C49H61ClFN3O9. The number of benzene rings is 2. The summed E-state index contributed by atoms with van der Waals surface area (Å²) < 4.78 is 46.9. The first-order valence-corrected chi connectivity index (χ1v) is 23.0. The van der Waals surface area contributed by atoms with E-state index in [1.54, 1.807) is 23.1 Å². The first-order valence-electron chi connectivity index (χ1n) is 22.4. The number of unbranched alkanes of at least 4 members (excludes halogenated alkanes) is 2. The van der Waals surface area contributed by atoms with Gasteiger partial charge in [0.1, 0.15) is 36.6 Å². The summed E-state index contributed by atoms with van der Waals surface area (Å²) >= 11 is 6.09. The predicted octanol–water partition coefficient (Wildman–Crippen LogP) is 9.15. The number of oxime groups is 1. The van der Waals surface area contributed by atoms with Gasteiger partial charge < -0.3 is 38.7 Å². The number of amides is 1. The molecule has 7 unspecified atom stereocenters. The number of aromatic nitrogens is 1. The number of rotatable bonds is 21. The molecule has 3 aromatic rings. The number of carbonyl (C=O) groups excluding carboxylic acids is 1. The van der Waals surface area contributed by atoms with Gasteiger partial charge in [0.2, 0.25) is 12.1 Å². The maximum absolute atomic E-state index is 14.5. The smallest absolute Gasteiger partial charge is 0.410 e. The summed E-state index contributed by atoms with van der Waals surface area (Å²) in [6.07, 6.45) is 9.92. The van der Waals surface area contributed by atoms with Crippen LogP contribution in [0.3, 0.4) is 0 Å². The van der Waals surface area contributed by atoms with Gasteiger partial charge in [-0.05, 0) is 111 Å². The van der Waals surface area contributed by atoms with E-state index in [4.69, 9.17) is 45.3 Å². The zero-order chi connectivity index (χ0) is 44.2. The van der Waals surface area contributed by atoms with Crippen LogP contribution < -0.4 is 9.47 Å². The quantitative estimate of drug-likeness (QED) is 0.0461. The first-order chi connectivity index (χ1) is 30.8. The van der Waals surface area contributed by atoms with Gasteiger partial charge in [-0.2, -0.15) is 0 Å². The van der Waals surface area contributed by atoms with Gasteiger partial charge in [0.05, 0.1) is 36.4 Å². The summed E-state index contributed by atoms with van der Waals surface area (Å²) in [5.74, 6) is -1.42. The van der Waals surface area contributed by atoms with Crippen molar-refractivity contribution in [1.29, 1.82) is 0 Å². The molecule has 340 valence electrons. The lowest BCUT2D eigenvalue weighted by Crippen LogP contribution is -2.70. The largest absolute Gasteiger partial charge is 0.487 e. The van der Waals surface area contributed by atoms with Crippen molar-refractivity contribution >= 4 is 23.4 Å². The van der Waals surface area contributed by atoms with Gasteiger partial charge in [-0.1, -0.05) is 48.3 Å². The Kier molecular flexibility index (Phi) is 16.5. The van der Waals surface area contributed by atoms with Crippen molar-refractivity contribution in [2.75, 3.05) is 38.9 Å². The molecule has 2 aliphatic heterocycles. The van der Waals surface area contributed by atoms with Crippen LogP contribution in [0.4, 0.5) is 9.18 Å². The van der Waals surface area contributed by atoms with Gasteiger partial charge in [-0.3, -0.25) is 9.88 Å². The van der Waals surface area contributed by atoms with Crippen molar-refractivity contribution in [3.05, 3.63) is 113 Å². The third-order valence-corrected chi connectivity index (χ3v) is 12.7. The van der Waals surface area contributed by atoms with E-state index in [-0.39, 0.29) is 69.6 Å². The van der Waals surface area contributed by atoms with Crippen LogP contribution in [-0.2, 0) is 32.2 Å². The Bertz CT molecular complexity index is 2050. The molecule has 7 rings (SSSR count). The minimum atomic E-state index is -1.53. The van der Waals surface area contributed by atoms with E-state index in [0.717, 1.165) is 61.0 Å². The summed E-state index contributed by atoms with van der Waals surface area (Å²) in [5.41, 5.74) is 4.80. The molecule has 2 aliphatic carbocycles. The van der Waals surface area contributed by atoms with Gasteiger partial charge in [-0.15, -0.1) is 18.2 Å². The molecule has 1 aromatic heterocycles. The number of aliphatic hydroxyl groups excluding tert-OH is 2. The van der Waals surface area contributed by atoms with Crippen molar-refractivity contribution in [1.82, 2.24) is 9.88 Å². The number of pyridine rings is 1. The first kappa shape index (κ1) is 46.5. The van der Waals surface area contributed by atoms with Gasteiger partial charge >= 0.3 is 6.09 Å². The number of hydrogen-bond acceptors (Lipinski definition) is 11. The number of halogens is 2. The number of alkyl halides is 1. The number of allylic oxidation sites excluding steroid dienone is 1. The number of nitrogens with zero attached hydrogens (tertiary/aromatic N) is 3. The zero-order valence-electron chi connectivity index (χ0n) is 36.2. The van der Waals surface area contributed by atoms with Crippen LogP contribution in [-0.4, -0.2) is 88.9 Å².